The number of alkyl halides is 3. The van der Waals surface area contributed by atoms with E-state index in [0.29, 0.717) is 10.9 Å². The van der Waals surface area contributed by atoms with E-state index in [2.05, 4.69) is 4.98 Å². The number of aliphatic carboxylic acids is 1. The van der Waals surface area contributed by atoms with Crippen molar-refractivity contribution in [1.29, 1.82) is 0 Å². The molecule has 0 amide bonds. The first kappa shape index (κ1) is 18.9. The average molecular weight is 382 g/mol. The topological polar surface area (TPSA) is 79.7 Å². The van der Waals surface area contributed by atoms with Crippen molar-refractivity contribution < 1.29 is 32.6 Å². The fraction of sp³-hybridized carbons (Fsp3) is 0.389. The van der Waals surface area contributed by atoms with Crippen LogP contribution in [0.25, 0.3) is 10.9 Å². The van der Waals surface area contributed by atoms with Gasteiger partial charge in [0, 0.05) is 24.7 Å². The van der Waals surface area contributed by atoms with Gasteiger partial charge in [-0.15, -0.1) is 0 Å². The Hall–Kier alpha value is -2.84. The number of nitrogens with zero attached hydrogens (tertiary/aromatic N) is 2. The number of hydrogen-bond acceptors (Lipinski definition) is 5. The summed E-state index contributed by atoms with van der Waals surface area (Å²) in [7, 11) is 0. The summed E-state index contributed by atoms with van der Waals surface area (Å²) in [6, 6.07) is 6.69. The fourth-order valence-corrected chi connectivity index (χ4v) is 3.39. The minimum absolute atomic E-state index is 0.0162. The third-order valence-electron chi connectivity index (χ3n) is 4.62. The summed E-state index contributed by atoms with van der Waals surface area (Å²) < 4.78 is 45.1. The maximum absolute atomic E-state index is 13.4. The van der Waals surface area contributed by atoms with Crippen LogP contribution in [0.15, 0.2) is 30.5 Å². The van der Waals surface area contributed by atoms with Crippen LogP contribution < -0.4 is 4.90 Å². The van der Waals surface area contributed by atoms with Crippen LogP contribution in [0.2, 0.25) is 0 Å². The van der Waals surface area contributed by atoms with E-state index in [1.807, 2.05) is 0 Å². The van der Waals surface area contributed by atoms with Crippen molar-refractivity contribution in [2.45, 2.75) is 13.1 Å². The van der Waals surface area contributed by atoms with Crippen LogP contribution in [0.3, 0.4) is 0 Å². The van der Waals surface area contributed by atoms with Crippen molar-refractivity contribution in [1.82, 2.24) is 4.98 Å². The number of para-hydroxylation sites is 1. The Bertz CT molecular complexity index is 885. The number of carbonyl (C=O) groups is 2. The highest BCUT2D eigenvalue weighted by molar-refractivity contribution is 6.05. The number of fused-ring (bicyclic) bond motifs is 1. The molecule has 1 fully saturated rings. The summed E-state index contributed by atoms with van der Waals surface area (Å²) >= 11 is 0. The van der Waals surface area contributed by atoms with Gasteiger partial charge in [0.05, 0.1) is 29.6 Å². The van der Waals surface area contributed by atoms with E-state index in [1.54, 1.807) is 31.2 Å². The largest absolute Gasteiger partial charge is 0.481 e. The van der Waals surface area contributed by atoms with Gasteiger partial charge in [-0.3, -0.25) is 9.78 Å². The first-order valence-corrected chi connectivity index (χ1v) is 8.33. The predicted molar refractivity (Wildman–Crippen MR) is 90.6 cm³/mol. The zero-order valence-electron chi connectivity index (χ0n) is 14.4. The summed E-state index contributed by atoms with van der Waals surface area (Å²) in [6.07, 6.45) is -3.41. The number of anilines is 1. The second-order valence-electron chi connectivity index (χ2n) is 6.26. The van der Waals surface area contributed by atoms with E-state index >= 15 is 0 Å². The molecular formula is C18H17F3N2O4. The lowest BCUT2D eigenvalue weighted by atomic mass is 9.96. The molecule has 3 rings (SSSR count). The van der Waals surface area contributed by atoms with Crippen LogP contribution in [-0.4, -0.2) is 47.9 Å². The Morgan fingerprint density at radius 3 is 2.59 bits per heavy atom. The smallest absolute Gasteiger partial charge is 0.394 e. The van der Waals surface area contributed by atoms with Gasteiger partial charge < -0.3 is 14.7 Å². The maximum Gasteiger partial charge on any atom is 0.394 e. The molecule has 0 saturated carbocycles. The number of ether oxygens (including phenoxy) is 1. The van der Waals surface area contributed by atoms with E-state index in [4.69, 9.17) is 4.74 Å². The Morgan fingerprint density at radius 1 is 1.30 bits per heavy atom. The molecular weight excluding hydrogens is 365 g/mol. The van der Waals surface area contributed by atoms with E-state index < -0.39 is 36.5 Å². The van der Waals surface area contributed by atoms with Gasteiger partial charge in [-0.05, 0) is 13.0 Å². The predicted octanol–water partition coefficient (Wildman–Crippen LogP) is 3.11. The Labute approximate surface area is 152 Å². The molecule has 1 aromatic carbocycles. The standard InChI is InChI=1S/C18H17F3N2O4/c1-2-27-17(26)11-7-22-14-6-4-3-5-10(14)15(11)23-8-12(16(24)25)13(9-23)18(19,20)21/h3-7,12-13H,2,8-9H2,1H3,(H,24,25)/t12-,13-/m1/s1. The number of halogens is 3. The average Bonchev–Trinajstić information content (AvgIpc) is 3.06. The first-order chi connectivity index (χ1) is 12.7. The molecule has 2 aromatic rings. The van der Waals surface area contributed by atoms with E-state index in [0.717, 1.165) is 0 Å². The number of carboxylic acids is 1. The Balaban J connectivity index is 2.13. The van der Waals surface area contributed by atoms with Gasteiger partial charge in [-0.2, -0.15) is 13.2 Å². The number of rotatable bonds is 4. The molecule has 1 saturated heterocycles. The number of carbonyl (C=O) groups excluding carboxylic acids is 1. The van der Waals surface area contributed by atoms with Gasteiger partial charge in [0.2, 0.25) is 0 Å². The molecule has 27 heavy (non-hydrogen) atoms. The molecule has 9 heteroatoms. The maximum atomic E-state index is 13.4. The molecule has 2 atom stereocenters. The molecule has 6 nitrogen and oxygen atoms in total. The van der Waals surface area contributed by atoms with Crippen LogP contribution >= 0.6 is 0 Å². The summed E-state index contributed by atoms with van der Waals surface area (Å²) in [5, 5.41) is 9.72. The van der Waals surface area contributed by atoms with Crippen molar-refractivity contribution >= 4 is 28.5 Å². The molecule has 1 aromatic heterocycles. The fourth-order valence-electron chi connectivity index (χ4n) is 3.39. The molecule has 144 valence electrons. The number of esters is 1. The Kier molecular flexibility index (Phi) is 4.95. The van der Waals surface area contributed by atoms with Crippen molar-refractivity contribution in [3.63, 3.8) is 0 Å². The Morgan fingerprint density at radius 2 is 2.00 bits per heavy atom. The second kappa shape index (κ2) is 7.05. The molecule has 0 unspecified atom stereocenters. The quantitative estimate of drug-likeness (QED) is 0.819. The summed E-state index contributed by atoms with van der Waals surface area (Å²) in [5.41, 5.74) is 0.724. The highest BCUT2D eigenvalue weighted by Crippen LogP contribution is 2.42. The van der Waals surface area contributed by atoms with Crippen molar-refractivity contribution in [3.8, 4) is 0 Å². The van der Waals surface area contributed by atoms with E-state index in [-0.39, 0.29) is 24.4 Å². The normalized spacial score (nSPS) is 20.1. The molecule has 2 heterocycles. The number of hydrogen-bond donors (Lipinski definition) is 1. The highest BCUT2D eigenvalue weighted by Gasteiger charge is 2.53. The zero-order chi connectivity index (χ0) is 19.8. The first-order valence-electron chi connectivity index (χ1n) is 8.33. The van der Waals surface area contributed by atoms with Crippen molar-refractivity contribution in [2.24, 2.45) is 11.8 Å². The number of pyridine rings is 1. The molecule has 1 N–H and O–H groups in total. The third-order valence-corrected chi connectivity index (χ3v) is 4.62. The number of benzene rings is 1. The molecule has 0 bridgehead atoms. The van der Waals surface area contributed by atoms with Crippen molar-refractivity contribution in [2.75, 3.05) is 24.6 Å². The monoisotopic (exact) mass is 382 g/mol. The summed E-state index contributed by atoms with van der Waals surface area (Å²) in [4.78, 5) is 29.2. The van der Waals surface area contributed by atoms with Crippen LogP contribution in [0.4, 0.5) is 18.9 Å². The molecule has 0 radical (unpaired) electrons. The zero-order valence-corrected chi connectivity index (χ0v) is 14.4. The summed E-state index contributed by atoms with van der Waals surface area (Å²) in [6.45, 7) is 0.789. The van der Waals surface area contributed by atoms with Gasteiger partial charge in [0.15, 0.2) is 0 Å². The number of carboxylic acid groups (broad SMARTS) is 1. The minimum atomic E-state index is -4.66. The van der Waals surface area contributed by atoms with Gasteiger partial charge in [0.1, 0.15) is 5.56 Å². The summed E-state index contributed by atoms with van der Waals surface area (Å²) in [5.74, 6) is -5.88. The van der Waals surface area contributed by atoms with Crippen LogP contribution in [0.1, 0.15) is 17.3 Å². The minimum Gasteiger partial charge on any atom is -0.481 e. The van der Waals surface area contributed by atoms with Crippen LogP contribution in [0, 0.1) is 11.8 Å². The van der Waals surface area contributed by atoms with Crippen LogP contribution in [0.5, 0.6) is 0 Å². The number of aromatic nitrogens is 1. The van der Waals surface area contributed by atoms with Crippen molar-refractivity contribution in [3.05, 3.63) is 36.0 Å². The van der Waals surface area contributed by atoms with Crippen LogP contribution in [-0.2, 0) is 9.53 Å². The lowest BCUT2D eigenvalue weighted by molar-refractivity contribution is -0.187. The van der Waals surface area contributed by atoms with E-state index in [1.165, 1.54) is 11.1 Å². The highest BCUT2D eigenvalue weighted by atomic mass is 19.4. The molecule has 1 aliphatic heterocycles. The lowest BCUT2D eigenvalue weighted by Crippen LogP contribution is -2.33. The molecule has 0 aliphatic carbocycles. The van der Waals surface area contributed by atoms with Gasteiger partial charge in [-0.25, -0.2) is 4.79 Å². The van der Waals surface area contributed by atoms with Gasteiger partial charge in [-0.1, -0.05) is 18.2 Å². The SMILES string of the molecule is CCOC(=O)c1cnc2ccccc2c1N1C[C@@H](C(F)(F)F)[C@H](C(=O)O)C1. The molecule has 0 spiro atoms. The molecule has 1 aliphatic rings. The lowest BCUT2D eigenvalue weighted by Gasteiger charge is -2.23. The third kappa shape index (κ3) is 3.54. The van der Waals surface area contributed by atoms with Gasteiger partial charge in [0.25, 0.3) is 0 Å². The van der Waals surface area contributed by atoms with Gasteiger partial charge >= 0.3 is 18.1 Å². The second-order valence-corrected chi connectivity index (χ2v) is 6.26. The van der Waals surface area contributed by atoms with E-state index in [9.17, 15) is 27.9 Å².